The van der Waals surface area contributed by atoms with Gasteiger partial charge in [0.2, 0.25) is 0 Å². The van der Waals surface area contributed by atoms with E-state index in [1.54, 1.807) is 0 Å². The summed E-state index contributed by atoms with van der Waals surface area (Å²) in [7, 11) is 0. The number of fused-ring (bicyclic) bond motifs is 1. The van der Waals surface area contributed by atoms with Crippen LogP contribution < -0.4 is 9.47 Å². The minimum absolute atomic E-state index is 0.110. The van der Waals surface area contributed by atoms with Gasteiger partial charge >= 0.3 is 0 Å². The standard InChI is InChI=1S/C17H18O3/c18-12-15(14-4-2-1-3-5-14)10-13-6-7-16-17(11-13)20-9-8-19-16/h1-7,11,15,18H,8-10,12H2. The summed E-state index contributed by atoms with van der Waals surface area (Å²) in [5.74, 6) is 1.72. The highest BCUT2D eigenvalue weighted by atomic mass is 16.6. The van der Waals surface area contributed by atoms with Crippen LogP contribution >= 0.6 is 0 Å². The van der Waals surface area contributed by atoms with Crippen LogP contribution in [-0.4, -0.2) is 24.9 Å². The first-order valence-corrected chi connectivity index (χ1v) is 6.91. The van der Waals surface area contributed by atoms with Crippen molar-refractivity contribution >= 4 is 0 Å². The Morgan fingerprint density at radius 2 is 1.70 bits per heavy atom. The normalized spacial score (nSPS) is 14.8. The molecule has 0 aromatic heterocycles. The van der Waals surface area contributed by atoms with E-state index in [9.17, 15) is 5.11 Å². The molecule has 1 atom stereocenters. The van der Waals surface area contributed by atoms with Crippen molar-refractivity contribution in [1.82, 2.24) is 0 Å². The molecular weight excluding hydrogens is 252 g/mol. The average Bonchev–Trinajstić information content (AvgIpc) is 2.53. The first-order chi connectivity index (χ1) is 9.86. The van der Waals surface area contributed by atoms with E-state index in [1.807, 2.05) is 36.4 Å². The summed E-state index contributed by atoms with van der Waals surface area (Å²) >= 11 is 0. The van der Waals surface area contributed by atoms with E-state index in [4.69, 9.17) is 9.47 Å². The van der Waals surface area contributed by atoms with Crippen molar-refractivity contribution in [3.05, 3.63) is 59.7 Å². The summed E-state index contributed by atoms with van der Waals surface area (Å²) < 4.78 is 11.1. The highest BCUT2D eigenvalue weighted by Crippen LogP contribution is 2.32. The van der Waals surface area contributed by atoms with Gasteiger partial charge in [-0.1, -0.05) is 36.4 Å². The molecule has 3 heteroatoms. The molecule has 1 N–H and O–H groups in total. The molecule has 0 fully saturated rings. The zero-order valence-electron chi connectivity index (χ0n) is 11.3. The van der Waals surface area contributed by atoms with E-state index in [0.717, 1.165) is 29.0 Å². The van der Waals surface area contributed by atoms with Gasteiger partial charge < -0.3 is 14.6 Å². The molecule has 0 radical (unpaired) electrons. The van der Waals surface area contributed by atoms with Crippen molar-refractivity contribution in [2.45, 2.75) is 12.3 Å². The maximum Gasteiger partial charge on any atom is 0.161 e. The lowest BCUT2D eigenvalue weighted by Crippen LogP contribution is -2.15. The van der Waals surface area contributed by atoms with Gasteiger partial charge in [-0.25, -0.2) is 0 Å². The Hall–Kier alpha value is -2.00. The smallest absolute Gasteiger partial charge is 0.161 e. The molecule has 1 heterocycles. The van der Waals surface area contributed by atoms with Crippen LogP contribution in [0.15, 0.2) is 48.5 Å². The first kappa shape index (κ1) is 13.0. The number of benzene rings is 2. The van der Waals surface area contributed by atoms with Gasteiger partial charge in [-0.15, -0.1) is 0 Å². The first-order valence-electron chi connectivity index (χ1n) is 6.91. The molecule has 1 aliphatic heterocycles. The fourth-order valence-corrected chi connectivity index (χ4v) is 2.51. The van der Waals surface area contributed by atoms with Crippen LogP contribution in [0, 0.1) is 0 Å². The number of aliphatic hydroxyl groups is 1. The number of ether oxygens (including phenoxy) is 2. The topological polar surface area (TPSA) is 38.7 Å². The number of aliphatic hydroxyl groups excluding tert-OH is 1. The van der Waals surface area contributed by atoms with Crippen LogP contribution in [0.2, 0.25) is 0 Å². The molecule has 0 saturated heterocycles. The average molecular weight is 270 g/mol. The molecule has 2 aromatic rings. The fourth-order valence-electron chi connectivity index (χ4n) is 2.51. The maximum absolute atomic E-state index is 9.62. The van der Waals surface area contributed by atoms with Crippen molar-refractivity contribution in [3.8, 4) is 11.5 Å². The Morgan fingerprint density at radius 3 is 2.45 bits per heavy atom. The Balaban J connectivity index is 1.79. The van der Waals surface area contributed by atoms with Gasteiger partial charge in [0, 0.05) is 5.92 Å². The number of hydrogen-bond donors (Lipinski definition) is 1. The van der Waals surface area contributed by atoms with Crippen LogP contribution in [0.4, 0.5) is 0 Å². The molecule has 1 unspecified atom stereocenters. The van der Waals surface area contributed by atoms with Gasteiger partial charge in [0.25, 0.3) is 0 Å². The Morgan fingerprint density at radius 1 is 0.950 bits per heavy atom. The van der Waals surface area contributed by atoms with Crippen molar-refractivity contribution < 1.29 is 14.6 Å². The van der Waals surface area contributed by atoms with Crippen LogP contribution in [-0.2, 0) is 6.42 Å². The molecule has 2 aromatic carbocycles. The number of rotatable bonds is 4. The molecule has 0 saturated carbocycles. The van der Waals surface area contributed by atoms with Crippen molar-refractivity contribution in [2.75, 3.05) is 19.8 Å². The lowest BCUT2D eigenvalue weighted by atomic mass is 9.92. The van der Waals surface area contributed by atoms with Crippen molar-refractivity contribution in [1.29, 1.82) is 0 Å². The van der Waals surface area contributed by atoms with Gasteiger partial charge in [0.15, 0.2) is 11.5 Å². The molecular formula is C17H18O3. The predicted octanol–water partition coefficient (Wildman–Crippen LogP) is 2.78. The van der Waals surface area contributed by atoms with Crippen LogP contribution in [0.3, 0.4) is 0 Å². The highest BCUT2D eigenvalue weighted by molar-refractivity contribution is 5.44. The zero-order chi connectivity index (χ0) is 13.8. The third-order valence-corrected chi connectivity index (χ3v) is 3.58. The fraction of sp³-hybridized carbons (Fsp3) is 0.294. The largest absolute Gasteiger partial charge is 0.486 e. The second-order valence-corrected chi connectivity index (χ2v) is 4.97. The van der Waals surface area contributed by atoms with Crippen LogP contribution in [0.5, 0.6) is 11.5 Å². The third kappa shape index (κ3) is 2.78. The van der Waals surface area contributed by atoms with Gasteiger partial charge in [-0.2, -0.15) is 0 Å². The van der Waals surface area contributed by atoms with E-state index in [2.05, 4.69) is 12.1 Å². The van der Waals surface area contributed by atoms with E-state index >= 15 is 0 Å². The molecule has 20 heavy (non-hydrogen) atoms. The van der Waals surface area contributed by atoms with Gasteiger partial charge in [0.1, 0.15) is 13.2 Å². The maximum atomic E-state index is 9.62. The molecule has 0 bridgehead atoms. The molecule has 1 aliphatic rings. The lowest BCUT2D eigenvalue weighted by molar-refractivity contribution is 0.171. The van der Waals surface area contributed by atoms with E-state index in [1.165, 1.54) is 0 Å². The van der Waals surface area contributed by atoms with Gasteiger partial charge in [0.05, 0.1) is 6.61 Å². The molecule has 3 rings (SSSR count). The SMILES string of the molecule is OCC(Cc1ccc2c(c1)OCCO2)c1ccccc1. The van der Waals surface area contributed by atoms with Crippen molar-refractivity contribution in [2.24, 2.45) is 0 Å². The number of hydrogen-bond acceptors (Lipinski definition) is 3. The van der Waals surface area contributed by atoms with E-state index in [0.29, 0.717) is 13.2 Å². The minimum Gasteiger partial charge on any atom is -0.486 e. The predicted molar refractivity (Wildman–Crippen MR) is 77.4 cm³/mol. The summed E-state index contributed by atoms with van der Waals surface area (Å²) in [5, 5.41) is 9.62. The van der Waals surface area contributed by atoms with Gasteiger partial charge in [-0.05, 0) is 29.7 Å². The lowest BCUT2D eigenvalue weighted by Gasteiger charge is -2.20. The molecule has 104 valence electrons. The highest BCUT2D eigenvalue weighted by Gasteiger charge is 2.15. The van der Waals surface area contributed by atoms with Crippen LogP contribution in [0.1, 0.15) is 17.0 Å². The second kappa shape index (κ2) is 5.97. The van der Waals surface area contributed by atoms with E-state index in [-0.39, 0.29) is 12.5 Å². The Kier molecular flexibility index (Phi) is 3.88. The third-order valence-electron chi connectivity index (χ3n) is 3.58. The summed E-state index contributed by atoms with van der Waals surface area (Å²) in [6.07, 6.45) is 0.789. The monoisotopic (exact) mass is 270 g/mol. The minimum atomic E-state index is 0.110. The summed E-state index contributed by atoms with van der Waals surface area (Å²) in [6, 6.07) is 16.1. The summed E-state index contributed by atoms with van der Waals surface area (Å²) in [5.41, 5.74) is 2.31. The summed E-state index contributed by atoms with van der Waals surface area (Å²) in [4.78, 5) is 0. The quantitative estimate of drug-likeness (QED) is 0.928. The Bertz CT molecular complexity index is 566. The van der Waals surface area contributed by atoms with E-state index < -0.39 is 0 Å². The summed E-state index contributed by atoms with van der Waals surface area (Å²) in [6.45, 7) is 1.34. The Labute approximate surface area is 118 Å². The zero-order valence-corrected chi connectivity index (χ0v) is 11.3. The molecule has 3 nitrogen and oxygen atoms in total. The molecule has 0 amide bonds. The molecule has 0 spiro atoms. The van der Waals surface area contributed by atoms with Crippen LogP contribution in [0.25, 0.3) is 0 Å². The van der Waals surface area contributed by atoms with Gasteiger partial charge in [-0.3, -0.25) is 0 Å². The second-order valence-electron chi connectivity index (χ2n) is 4.97. The van der Waals surface area contributed by atoms with Crippen molar-refractivity contribution in [3.63, 3.8) is 0 Å². The molecule has 0 aliphatic carbocycles.